The fraction of sp³-hybridized carbons (Fsp3) is 0.281. The number of methoxy groups -OCH3 is 2. The number of aryl methyl sites for hydroxylation is 1. The first-order valence-electron chi connectivity index (χ1n) is 14.0. The molecular formula is C32H35N5O8. The fourth-order valence-corrected chi connectivity index (χ4v) is 4.96. The predicted octanol–water partition coefficient (Wildman–Crippen LogP) is 3.61. The molecule has 1 aromatic heterocycles. The Bertz CT molecular complexity index is 1690. The van der Waals surface area contributed by atoms with Gasteiger partial charge in [-0.15, -0.1) is 0 Å². The second-order valence-electron chi connectivity index (χ2n) is 9.99. The molecule has 0 fully saturated rings. The molecule has 0 bridgehead atoms. The number of hydrogen-bond donors (Lipinski definition) is 3. The molecule has 4 rings (SSSR count). The third-order valence-corrected chi connectivity index (χ3v) is 7.03. The Labute approximate surface area is 260 Å². The summed E-state index contributed by atoms with van der Waals surface area (Å²) in [4.78, 5) is 49.3. The SMILES string of the molecule is CCOC(=O)C1=C(C)NC(=O)N[C@H]1c1ccc(OCC(=O)N/N=C\c2cc(C)n(-c3cccc(C(=O)OC)c3)c2C)c(OC)c1. The first-order chi connectivity index (χ1) is 21.6. The minimum Gasteiger partial charge on any atom is -0.493 e. The maximum absolute atomic E-state index is 12.6. The number of urea groups is 1. The van der Waals surface area contributed by atoms with Crippen LogP contribution in [0.3, 0.4) is 0 Å². The number of rotatable bonds is 11. The lowest BCUT2D eigenvalue weighted by atomic mass is 9.95. The summed E-state index contributed by atoms with van der Waals surface area (Å²) in [6.45, 7) is 6.97. The van der Waals surface area contributed by atoms with Gasteiger partial charge in [-0.25, -0.2) is 19.8 Å². The van der Waals surface area contributed by atoms with E-state index >= 15 is 0 Å². The van der Waals surface area contributed by atoms with Crippen molar-refractivity contribution in [2.24, 2.45) is 5.10 Å². The molecule has 236 valence electrons. The van der Waals surface area contributed by atoms with Crippen molar-refractivity contribution in [1.82, 2.24) is 20.6 Å². The highest BCUT2D eigenvalue weighted by Gasteiger charge is 2.32. The molecule has 45 heavy (non-hydrogen) atoms. The Hall–Kier alpha value is -5.59. The number of esters is 2. The van der Waals surface area contributed by atoms with E-state index in [-0.39, 0.29) is 24.5 Å². The molecule has 3 amide bonds. The molecule has 13 heteroatoms. The lowest BCUT2D eigenvalue weighted by Gasteiger charge is -2.28. The predicted molar refractivity (Wildman–Crippen MR) is 165 cm³/mol. The lowest BCUT2D eigenvalue weighted by Crippen LogP contribution is -2.45. The summed E-state index contributed by atoms with van der Waals surface area (Å²) in [5.41, 5.74) is 7.41. The zero-order valence-electron chi connectivity index (χ0n) is 25.8. The average Bonchev–Trinajstić information content (AvgIpc) is 3.31. The Kier molecular flexibility index (Phi) is 10.2. The second-order valence-corrected chi connectivity index (χ2v) is 9.99. The Balaban J connectivity index is 1.42. The first-order valence-corrected chi connectivity index (χ1v) is 14.0. The minimum atomic E-state index is -0.780. The summed E-state index contributed by atoms with van der Waals surface area (Å²) in [6.07, 6.45) is 1.53. The summed E-state index contributed by atoms with van der Waals surface area (Å²) in [5.74, 6) is -0.924. The van der Waals surface area contributed by atoms with Gasteiger partial charge in [-0.1, -0.05) is 12.1 Å². The highest BCUT2D eigenvalue weighted by molar-refractivity contribution is 5.95. The van der Waals surface area contributed by atoms with E-state index in [1.54, 1.807) is 50.2 Å². The summed E-state index contributed by atoms with van der Waals surface area (Å²) in [6, 6.07) is 12.6. The molecule has 3 N–H and O–H groups in total. The van der Waals surface area contributed by atoms with Gasteiger partial charge >= 0.3 is 18.0 Å². The normalized spacial score (nSPS) is 14.4. The van der Waals surface area contributed by atoms with Crippen molar-refractivity contribution in [3.8, 4) is 17.2 Å². The van der Waals surface area contributed by atoms with Crippen LogP contribution < -0.4 is 25.5 Å². The number of amides is 3. The average molecular weight is 618 g/mol. The molecule has 0 aliphatic carbocycles. The van der Waals surface area contributed by atoms with Gasteiger partial charge in [0.25, 0.3) is 5.91 Å². The number of nitrogens with one attached hydrogen (secondary N) is 3. The van der Waals surface area contributed by atoms with Crippen molar-refractivity contribution in [3.05, 3.63) is 87.9 Å². The van der Waals surface area contributed by atoms with Crippen LogP contribution >= 0.6 is 0 Å². The fourth-order valence-electron chi connectivity index (χ4n) is 4.96. The van der Waals surface area contributed by atoms with Crippen LogP contribution in [0.4, 0.5) is 4.79 Å². The largest absolute Gasteiger partial charge is 0.493 e. The van der Waals surface area contributed by atoms with Crippen LogP contribution in [0.1, 0.15) is 52.8 Å². The van der Waals surface area contributed by atoms with Crippen molar-refractivity contribution in [1.29, 1.82) is 0 Å². The molecule has 0 radical (unpaired) electrons. The molecule has 3 aromatic rings. The van der Waals surface area contributed by atoms with Gasteiger partial charge in [0.2, 0.25) is 0 Å². The number of carbonyl (C=O) groups excluding carboxylic acids is 4. The van der Waals surface area contributed by atoms with Crippen LogP contribution in [0.5, 0.6) is 11.5 Å². The van der Waals surface area contributed by atoms with E-state index in [2.05, 4.69) is 21.2 Å². The van der Waals surface area contributed by atoms with Crippen molar-refractivity contribution in [2.45, 2.75) is 33.7 Å². The van der Waals surface area contributed by atoms with Gasteiger partial charge in [-0.05, 0) is 69.7 Å². The summed E-state index contributed by atoms with van der Waals surface area (Å²) < 4.78 is 23.1. The number of hydrogen-bond acceptors (Lipinski definition) is 9. The lowest BCUT2D eigenvalue weighted by molar-refractivity contribution is -0.139. The monoisotopic (exact) mass is 617 g/mol. The van der Waals surface area contributed by atoms with E-state index in [1.165, 1.54) is 20.4 Å². The van der Waals surface area contributed by atoms with E-state index in [4.69, 9.17) is 18.9 Å². The molecular weight excluding hydrogens is 582 g/mol. The highest BCUT2D eigenvalue weighted by Crippen LogP contribution is 2.34. The summed E-state index contributed by atoms with van der Waals surface area (Å²) in [5, 5.41) is 9.40. The van der Waals surface area contributed by atoms with Gasteiger partial charge < -0.3 is 34.1 Å². The molecule has 1 aliphatic heterocycles. The van der Waals surface area contributed by atoms with Crippen LogP contribution in [0.2, 0.25) is 0 Å². The summed E-state index contributed by atoms with van der Waals surface area (Å²) in [7, 11) is 2.77. The Morgan fingerprint density at radius 2 is 1.80 bits per heavy atom. The molecule has 0 unspecified atom stereocenters. The van der Waals surface area contributed by atoms with E-state index in [1.807, 2.05) is 30.5 Å². The maximum atomic E-state index is 12.6. The number of allylic oxidation sites excluding steroid dienone is 1. The topological polar surface area (TPSA) is 159 Å². The third-order valence-electron chi connectivity index (χ3n) is 7.03. The van der Waals surface area contributed by atoms with Crippen LogP contribution in [-0.4, -0.2) is 62.1 Å². The maximum Gasteiger partial charge on any atom is 0.338 e. The van der Waals surface area contributed by atoms with E-state index in [0.29, 0.717) is 22.6 Å². The molecule has 0 spiro atoms. The molecule has 2 aromatic carbocycles. The van der Waals surface area contributed by atoms with Crippen LogP contribution in [0.15, 0.2) is 64.9 Å². The molecule has 0 saturated heterocycles. The third kappa shape index (κ3) is 7.32. The van der Waals surface area contributed by atoms with E-state index in [0.717, 1.165) is 22.6 Å². The number of nitrogens with zero attached hydrogens (tertiary/aromatic N) is 2. The quantitative estimate of drug-likeness (QED) is 0.167. The van der Waals surface area contributed by atoms with Crippen molar-refractivity contribution in [2.75, 3.05) is 27.4 Å². The zero-order valence-corrected chi connectivity index (χ0v) is 25.8. The number of benzene rings is 2. The zero-order chi connectivity index (χ0) is 32.7. The van der Waals surface area contributed by atoms with Crippen molar-refractivity contribution >= 4 is 30.1 Å². The standard InChI is InChI=1S/C32H35N5O8/c1-7-44-31(40)28-19(3)34-32(41)35-29(28)21-11-12-25(26(15-21)42-5)45-17-27(38)36-33-16-23-13-18(2)37(20(23)4)24-10-8-9-22(14-24)30(39)43-6/h8-16,29H,7,17H2,1-6H3,(H,36,38)(H2,34,35,41)/b33-16-/t29-/m0/s1. The van der Waals surface area contributed by atoms with Gasteiger partial charge in [-0.3, -0.25) is 4.79 Å². The van der Waals surface area contributed by atoms with Gasteiger partial charge in [0, 0.05) is 28.3 Å². The van der Waals surface area contributed by atoms with E-state index < -0.39 is 29.9 Å². The number of carbonyl (C=O) groups is 4. The number of aromatic nitrogens is 1. The Morgan fingerprint density at radius 1 is 1.02 bits per heavy atom. The minimum absolute atomic E-state index is 0.178. The van der Waals surface area contributed by atoms with Gasteiger partial charge in [0.1, 0.15) is 0 Å². The van der Waals surface area contributed by atoms with Crippen LogP contribution in [0.25, 0.3) is 5.69 Å². The molecule has 13 nitrogen and oxygen atoms in total. The van der Waals surface area contributed by atoms with E-state index in [9.17, 15) is 19.2 Å². The van der Waals surface area contributed by atoms with Gasteiger partial charge in [-0.2, -0.15) is 5.10 Å². The molecule has 2 heterocycles. The first kappa shape index (κ1) is 32.3. The molecule has 1 atom stereocenters. The molecule has 1 aliphatic rings. The van der Waals surface area contributed by atoms with Crippen LogP contribution in [0, 0.1) is 13.8 Å². The smallest absolute Gasteiger partial charge is 0.338 e. The number of hydrazone groups is 1. The summed E-state index contributed by atoms with van der Waals surface area (Å²) >= 11 is 0. The highest BCUT2D eigenvalue weighted by atomic mass is 16.5. The van der Waals surface area contributed by atoms with Crippen molar-refractivity contribution < 1.29 is 38.1 Å². The van der Waals surface area contributed by atoms with Crippen molar-refractivity contribution in [3.63, 3.8) is 0 Å². The number of ether oxygens (including phenoxy) is 4. The Morgan fingerprint density at radius 3 is 2.51 bits per heavy atom. The van der Waals surface area contributed by atoms with Gasteiger partial charge in [0.15, 0.2) is 18.1 Å². The second kappa shape index (κ2) is 14.3. The van der Waals surface area contributed by atoms with Crippen LogP contribution in [-0.2, 0) is 19.1 Å². The molecule has 0 saturated carbocycles. The van der Waals surface area contributed by atoms with Gasteiger partial charge in [0.05, 0.1) is 44.2 Å².